The average Bonchev–Trinajstić information content (AvgIpc) is 2.99. The lowest BCUT2D eigenvalue weighted by atomic mass is 9.85. The van der Waals surface area contributed by atoms with Gasteiger partial charge in [0.1, 0.15) is 17.1 Å². The summed E-state index contributed by atoms with van der Waals surface area (Å²) >= 11 is 0. The van der Waals surface area contributed by atoms with Gasteiger partial charge in [0.15, 0.2) is 18.2 Å². The molecule has 1 aliphatic heterocycles. The highest BCUT2D eigenvalue weighted by Crippen LogP contribution is 2.36. The van der Waals surface area contributed by atoms with E-state index in [1.165, 1.54) is 0 Å². The van der Waals surface area contributed by atoms with Crippen molar-refractivity contribution in [3.05, 3.63) is 65.6 Å². The maximum atomic E-state index is 12.7. The number of hydrogen-bond acceptors (Lipinski definition) is 2. The molecular weight excluding hydrogens is 300 g/mol. The van der Waals surface area contributed by atoms with Gasteiger partial charge in [-0.2, -0.15) is 0 Å². The molecule has 0 saturated carbocycles. The van der Waals surface area contributed by atoms with Gasteiger partial charge in [0.2, 0.25) is 0 Å². The zero-order valence-corrected chi connectivity index (χ0v) is 13.2. The summed E-state index contributed by atoms with van der Waals surface area (Å²) in [7, 11) is 0. The van der Waals surface area contributed by atoms with Crippen LogP contribution in [0, 0.1) is 0 Å². The molecule has 0 bridgehead atoms. The molecule has 118 valence electrons. The number of H-pyrrole nitrogens is 2. The van der Waals surface area contributed by atoms with Crippen molar-refractivity contribution < 1.29 is 14.3 Å². The van der Waals surface area contributed by atoms with Crippen molar-refractivity contribution in [1.82, 2.24) is 4.98 Å². The molecule has 0 spiro atoms. The van der Waals surface area contributed by atoms with Crippen molar-refractivity contribution in [1.29, 1.82) is 0 Å². The van der Waals surface area contributed by atoms with Crippen LogP contribution in [0.5, 0.6) is 0 Å². The normalized spacial score (nSPS) is 19.8. The van der Waals surface area contributed by atoms with E-state index in [1.807, 2.05) is 30.6 Å². The molecule has 5 rings (SSSR count). The summed E-state index contributed by atoms with van der Waals surface area (Å²) in [5, 5.41) is 3.47. The van der Waals surface area contributed by atoms with Crippen molar-refractivity contribution in [2.45, 2.75) is 25.3 Å². The van der Waals surface area contributed by atoms with E-state index in [2.05, 4.69) is 38.1 Å². The Hall–Kier alpha value is -2.95. The molecule has 3 heterocycles. The number of Topliss-reactive ketones (excluding diaryl/α,β-unsaturated/α-hetero) is 1. The molecule has 1 aliphatic carbocycles. The van der Waals surface area contributed by atoms with Gasteiger partial charge in [-0.05, 0) is 24.6 Å². The third-order valence-corrected chi connectivity index (χ3v) is 4.96. The standard InChI is InChI=1S/C19H16N4O/c24-16-9-3-7-14-17(16)18(12-5-4-10-20-11-12)23-15-8-2-1-6-13(15)21-19(23)22-14/h1-2,4-6,8,10-11,18H,3,7,9H2,(H,21,22,24)/p+2. The molecule has 2 aliphatic rings. The summed E-state index contributed by atoms with van der Waals surface area (Å²) in [6.07, 6.45) is 6.35. The average molecular weight is 318 g/mol. The van der Waals surface area contributed by atoms with Gasteiger partial charge in [0.25, 0.3) is 0 Å². The number of ketones is 1. The van der Waals surface area contributed by atoms with E-state index in [4.69, 9.17) is 0 Å². The van der Waals surface area contributed by atoms with Crippen LogP contribution in [-0.2, 0) is 4.79 Å². The Morgan fingerprint density at radius 3 is 2.92 bits per heavy atom. The lowest BCUT2D eigenvalue weighted by molar-refractivity contribution is -0.667. The molecule has 0 fully saturated rings. The SMILES string of the molecule is O=C1CCCC2=C1C(c1ccc[nH+]c1)[n+]1c([nH]c3ccccc31)N2. The van der Waals surface area contributed by atoms with E-state index in [0.717, 1.165) is 46.7 Å². The summed E-state index contributed by atoms with van der Waals surface area (Å²) in [4.78, 5) is 19.4. The Balaban J connectivity index is 1.83. The third kappa shape index (κ3) is 1.84. The Morgan fingerprint density at radius 2 is 2.04 bits per heavy atom. The molecule has 3 N–H and O–H groups in total. The van der Waals surface area contributed by atoms with E-state index in [9.17, 15) is 4.79 Å². The zero-order valence-electron chi connectivity index (χ0n) is 13.2. The molecule has 0 radical (unpaired) electrons. The van der Waals surface area contributed by atoms with Crippen LogP contribution in [0.25, 0.3) is 11.0 Å². The van der Waals surface area contributed by atoms with Gasteiger partial charge in [0.05, 0.1) is 16.8 Å². The lowest BCUT2D eigenvalue weighted by Crippen LogP contribution is -2.49. The second-order valence-electron chi connectivity index (χ2n) is 6.39. The summed E-state index contributed by atoms with van der Waals surface area (Å²) < 4.78 is 2.21. The molecule has 1 aromatic carbocycles. The summed E-state index contributed by atoms with van der Waals surface area (Å²) in [5.41, 5.74) is 5.23. The number of pyridine rings is 1. The lowest BCUT2D eigenvalue weighted by Gasteiger charge is -2.28. The molecule has 2 aromatic heterocycles. The molecule has 0 saturated heterocycles. The molecule has 3 aromatic rings. The van der Waals surface area contributed by atoms with Gasteiger partial charge in [0, 0.05) is 18.9 Å². The summed E-state index contributed by atoms with van der Waals surface area (Å²) in [6, 6.07) is 12.2. The van der Waals surface area contributed by atoms with Gasteiger partial charge < -0.3 is 0 Å². The number of hydrogen-bond donors (Lipinski definition) is 2. The summed E-state index contributed by atoms with van der Waals surface area (Å²) in [5.74, 6) is 1.19. The van der Waals surface area contributed by atoms with Gasteiger partial charge in [-0.15, -0.1) is 0 Å². The number of aromatic amines is 2. The monoisotopic (exact) mass is 318 g/mol. The number of fused-ring (bicyclic) bond motifs is 3. The fourth-order valence-electron chi connectivity index (χ4n) is 3.93. The van der Waals surface area contributed by atoms with Crippen LogP contribution in [0.15, 0.2) is 60.1 Å². The van der Waals surface area contributed by atoms with Crippen molar-refractivity contribution in [3.8, 4) is 0 Å². The second-order valence-corrected chi connectivity index (χ2v) is 6.39. The number of rotatable bonds is 1. The van der Waals surface area contributed by atoms with Gasteiger partial charge in [-0.25, -0.2) is 19.9 Å². The maximum absolute atomic E-state index is 12.7. The largest absolute Gasteiger partial charge is 0.361 e. The molecule has 5 nitrogen and oxygen atoms in total. The quantitative estimate of drug-likeness (QED) is 0.676. The van der Waals surface area contributed by atoms with E-state index in [0.29, 0.717) is 6.42 Å². The summed E-state index contributed by atoms with van der Waals surface area (Å²) in [6.45, 7) is 0. The highest BCUT2D eigenvalue weighted by molar-refractivity contribution is 5.99. The first kappa shape index (κ1) is 13.5. The van der Waals surface area contributed by atoms with Gasteiger partial charge in [-0.3, -0.25) is 4.79 Å². The highest BCUT2D eigenvalue weighted by Gasteiger charge is 2.41. The molecule has 5 heteroatoms. The molecule has 1 atom stereocenters. The minimum Gasteiger partial charge on any atom is -0.294 e. The van der Waals surface area contributed by atoms with Crippen LogP contribution < -0.4 is 14.9 Å². The van der Waals surface area contributed by atoms with Crippen LogP contribution in [0.1, 0.15) is 30.9 Å². The first-order valence-corrected chi connectivity index (χ1v) is 8.34. The van der Waals surface area contributed by atoms with Crippen molar-refractivity contribution in [2.75, 3.05) is 5.32 Å². The van der Waals surface area contributed by atoms with E-state index in [-0.39, 0.29) is 11.8 Å². The highest BCUT2D eigenvalue weighted by atomic mass is 16.1. The predicted octanol–water partition coefficient (Wildman–Crippen LogP) is 2.29. The molecule has 24 heavy (non-hydrogen) atoms. The van der Waals surface area contributed by atoms with Crippen LogP contribution in [0.3, 0.4) is 0 Å². The van der Waals surface area contributed by atoms with Crippen LogP contribution in [-0.4, -0.2) is 10.8 Å². The van der Waals surface area contributed by atoms with Crippen molar-refractivity contribution in [2.24, 2.45) is 0 Å². The van der Waals surface area contributed by atoms with E-state index < -0.39 is 0 Å². The number of carbonyl (C=O) groups is 1. The number of anilines is 1. The molecular formula is C19H18N4O+2. The van der Waals surface area contributed by atoms with Crippen molar-refractivity contribution >= 4 is 22.8 Å². The number of para-hydroxylation sites is 2. The topological polar surface area (TPSA) is 62.9 Å². The Bertz CT molecular complexity index is 987. The van der Waals surface area contributed by atoms with Crippen LogP contribution >= 0.6 is 0 Å². The number of allylic oxidation sites excluding steroid dienone is 2. The van der Waals surface area contributed by atoms with Crippen LogP contribution in [0.2, 0.25) is 0 Å². The maximum Gasteiger partial charge on any atom is 0.361 e. The predicted molar refractivity (Wildman–Crippen MR) is 89.1 cm³/mol. The number of imidazole rings is 1. The minimum absolute atomic E-state index is 0.0994. The molecule has 1 unspecified atom stereocenters. The van der Waals surface area contributed by atoms with Crippen molar-refractivity contribution in [3.63, 3.8) is 0 Å². The first-order valence-electron chi connectivity index (χ1n) is 8.34. The first-order chi connectivity index (χ1) is 11.8. The number of nitrogens with one attached hydrogen (secondary N) is 3. The second kappa shape index (κ2) is 5.03. The fraction of sp³-hybridized carbons (Fsp3) is 0.211. The van der Waals surface area contributed by atoms with Gasteiger partial charge >= 0.3 is 5.95 Å². The number of carbonyl (C=O) groups excluding carboxylic acids is 1. The number of benzene rings is 1. The Labute approximate surface area is 139 Å². The zero-order chi connectivity index (χ0) is 16.1. The smallest absolute Gasteiger partial charge is 0.294 e. The third-order valence-electron chi connectivity index (χ3n) is 4.96. The Kier molecular flexibility index (Phi) is 2.82. The van der Waals surface area contributed by atoms with E-state index in [1.54, 1.807) is 0 Å². The van der Waals surface area contributed by atoms with Crippen LogP contribution in [0.4, 0.5) is 5.95 Å². The minimum atomic E-state index is -0.0994. The number of nitrogens with zero attached hydrogens (tertiary/aromatic N) is 1. The van der Waals surface area contributed by atoms with Gasteiger partial charge in [-0.1, -0.05) is 12.1 Å². The number of aromatic nitrogens is 3. The fourth-order valence-corrected chi connectivity index (χ4v) is 3.93. The Morgan fingerprint density at radius 1 is 1.12 bits per heavy atom. The molecule has 0 amide bonds. The van der Waals surface area contributed by atoms with E-state index >= 15 is 0 Å².